The Hall–Kier alpha value is -3.98. The van der Waals surface area contributed by atoms with Crippen LogP contribution < -0.4 is 0 Å². The highest BCUT2D eigenvalue weighted by molar-refractivity contribution is 6.43. The van der Waals surface area contributed by atoms with Crippen LogP contribution in [0, 0.1) is 29.0 Å². The van der Waals surface area contributed by atoms with Gasteiger partial charge in [-0.3, -0.25) is 4.79 Å². The maximum absolute atomic E-state index is 17.2. The molecular formula is C37H33Cl2F2N5O4. The largest absolute Gasteiger partial charge is 0.465 e. The number of aryl methyl sites for hydroxylation is 1. The van der Waals surface area contributed by atoms with Crippen molar-refractivity contribution in [2.45, 2.75) is 87.8 Å². The van der Waals surface area contributed by atoms with Crippen LogP contribution in [0.3, 0.4) is 0 Å². The van der Waals surface area contributed by atoms with Crippen molar-refractivity contribution in [1.29, 1.82) is 5.26 Å². The zero-order valence-electron chi connectivity index (χ0n) is 27.0. The summed E-state index contributed by atoms with van der Waals surface area (Å²) < 4.78 is 34.8. The standard InChI is InChI=1S/C37H33Cl2F2N5O4/c1-16(47)31-22-14-26(25-12-18-11-24(18)45(25)35(48)37(41)7-8-37)46(33-19-13-27(33)44(15-19)36(49)50)34(22)21-10-17(4-3-9-42)28(30(40)32(21)43-31)20-5-2-6-23(38)29(20)39/h2,5-6,10,14,16,18-19,24-25,27,33,47H,3-4,7-8,11-13,15H2,1H3,(H,49,50)/t16?,18-,19-,24-,25-,27-,33+/m1/s1. The monoisotopic (exact) mass is 719 g/mol. The first kappa shape index (κ1) is 32.0. The van der Waals surface area contributed by atoms with E-state index in [2.05, 4.69) is 10.6 Å². The molecule has 5 heterocycles. The molecule has 258 valence electrons. The van der Waals surface area contributed by atoms with E-state index in [9.17, 15) is 25.1 Å². The lowest BCUT2D eigenvalue weighted by Gasteiger charge is -2.40. The Balaban J connectivity index is 1.35. The van der Waals surface area contributed by atoms with Gasteiger partial charge in [-0.05, 0) is 75.1 Å². The van der Waals surface area contributed by atoms with Gasteiger partial charge in [0.2, 0.25) is 0 Å². The molecule has 2 bridgehead atoms. The van der Waals surface area contributed by atoms with Gasteiger partial charge in [0.15, 0.2) is 11.5 Å². The van der Waals surface area contributed by atoms with E-state index in [1.165, 1.54) is 4.90 Å². The lowest BCUT2D eigenvalue weighted by Crippen LogP contribution is -2.44. The van der Waals surface area contributed by atoms with Crippen molar-refractivity contribution >= 4 is 57.0 Å². The third-order valence-electron chi connectivity index (χ3n) is 11.8. The van der Waals surface area contributed by atoms with Crippen LogP contribution in [0.2, 0.25) is 10.0 Å². The topological polar surface area (TPSA) is 123 Å². The molecule has 2 aromatic carbocycles. The number of hydrogen-bond donors (Lipinski definition) is 2. The van der Waals surface area contributed by atoms with E-state index < -0.39 is 35.6 Å². The van der Waals surface area contributed by atoms with Crippen LogP contribution in [0.1, 0.15) is 80.6 Å². The van der Waals surface area contributed by atoms with E-state index >= 15 is 8.78 Å². The number of alkyl halides is 1. The summed E-state index contributed by atoms with van der Waals surface area (Å²) in [5, 5.41) is 32.2. The van der Waals surface area contributed by atoms with Crippen LogP contribution in [-0.2, 0) is 11.2 Å². The number of piperidine rings is 1. The summed E-state index contributed by atoms with van der Waals surface area (Å²) in [7, 11) is 0. The van der Waals surface area contributed by atoms with Crippen molar-refractivity contribution in [2.75, 3.05) is 6.54 Å². The Kier molecular flexibility index (Phi) is 7.04. The van der Waals surface area contributed by atoms with Gasteiger partial charge >= 0.3 is 6.09 Å². The predicted molar refractivity (Wildman–Crippen MR) is 182 cm³/mol. The molecule has 4 aromatic rings. The maximum Gasteiger partial charge on any atom is 0.407 e. The minimum Gasteiger partial charge on any atom is -0.465 e. The van der Waals surface area contributed by atoms with Gasteiger partial charge < -0.3 is 24.6 Å². The molecule has 2 N–H and O–H groups in total. The molecular weight excluding hydrogens is 687 g/mol. The maximum atomic E-state index is 17.2. The second kappa shape index (κ2) is 11.0. The molecule has 1 unspecified atom stereocenters. The molecule has 0 spiro atoms. The third kappa shape index (κ3) is 4.47. The Bertz CT molecular complexity index is 2210. The SMILES string of the molecule is CC(O)c1nc2c(F)c(-c3cccc(Cl)c3Cl)c(CCC#N)cc2c2c1cc([C@H]1C[C@H]3C[C@H]3N1C(=O)C1(F)CC1)n2[C@H]1[C@@H]2C[C@H]1N(C(=O)O)C2. The summed E-state index contributed by atoms with van der Waals surface area (Å²) in [5.74, 6) is -0.988. The number of carbonyl (C=O) groups is 2. The number of aromatic nitrogens is 2. The average Bonchev–Trinajstić information content (AvgIpc) is 3.75. The minimum atomic E-state index is -1.86. The fraction of sp³-hybridized carbons (Fsp3) is 0.459. The summed E-state index contributed by atoms with van der Waals surface area (Å²) in [5.41, 5.74) is 0.653. The molecule has 3 saturated heterocycles. The van der Waals surface area contributed by atoms with Crippen LogP contribution in [-0.4, -0.2) is 65.9 Å². The zero-order valence-corrected chi connectivity index (χ0v) is 28.6. The number of halogens is 4. The van der Waals surface area contributed by atoms with Crippen LogP contribution in [0.25, 0.3) is 32.9 Å². The van der Waals surface area contributed by atoms with E-state index in [-0.39, 0.29) is 82.5 Å². The average molecular weight is 721 g/mol. The number of nitrogens with zero attached hydrogens (tertiary/aromatic N) is 5. The molecule has 3 aliphatic carbocycles. The molecule has 50 heavy (non-hydrogen) atoms. The van der Waals surface area contributed by atoms with Gasteiger partial charge in [0.25, 0.3) is 5.91 Å². The molecule has 3 aliphatic heterocycles. The lowest BCUT2D eigenvalue weighted by atomic mass is 9.79. The van der Waals surface area contributed by atoms with Crippen LogP contribution in [0.5, 0.6) is 0 Å². The van der Waals surface area contributed by atoms with E-state index in [4.69, 9.17) is 28.2 Å². The number of amides is 2. The Labute approximate surface area is 296 Å². The fourth-order valence-corrected chi connectivity index (χ4v) is 9.60. The molecule has 13 heteroatoms. The normalized spacial score (nSPS) is 27.7. The number of hydrogen-bond acceptors (Lipinski definition) is 5. The van der Waals surface area contributed by atoms with Gasteiger partial charge in [0.1, 0.15) is 5.52 Å². The number of aliphatic hydroxyl groups excluding tert-OH is 1. The van der Waals surface area contributed by atoms with Gasteiger partial charge in [0, 0.05) is 52.5 Å². The minimum absolute atomic E-state index is 0.0179. The number of benzene rings is 2. The molecule has 2 amide bonds. The molecule has 9 nitrogen and oxygen atoms in total. The molecule has 7 atom stereocenters. The summed E-state index contributed by atoms with van der Waals surface area (Å²) >= 11 is 13.0. The van der Waals surface area contributed by atoms with Crippen molar-refractivity contribution in [3.05, 3.63) is 63.1 Å². The lowest BCUT2D eigenvalue weighted by molar-refractivity contribution is -0.140. The van der Waals surface area contributed by atoms with Gasteiger partial charge in [0.05, 0.1) is 51.6 Å². The van der Waals surface area contributed by atoms with Crippen molar-refractivity contribution in [2.24, 2.45) is 11.8 Å². The highest BCUT2D eigenvalue weighted by Crippen LogP contribution is 2.59. The van der Waals surface area contributed by atoms with E-state index in [0.29, 0.717) is 52.5 Å². The first-order chi connectivity index (χ1) is 23.9. The van der Waals surface area contributed by atoms with Crippen LogP contribution in [0.15, 0.2) is 30.3 Å². The number of fused-ring (bicyclic) bond motifs is 5. The molecule has 3 saturated carbocycles. The summed E-state index contributed by atoms with van der Waals surface area (Å²) in [6.07, 6.45) is 0.641. The Morgan fingerprint density at radius 1 is 1.14 bits per heavy atom. The second-order valence-electron chi connectivity index (χ2n) is 14.7. The highest BCUT2D eigenvalue weighted by Gasteiger charge is 2.63. The van der Waals surface area contributed by atoms with Crippen molar-refractivity contribution in [1.82, 2.24) is 19.4 Å². The van der Waals surface area contributed by atoms with E-state index in [0.717, 1.165) is 6.42 Å². The number of pyridine rings is 1. The second-order valence-corrected chi connectivity index (χ2v) is 15.5. The van der Waals surface area contributed by atoms with Crippen LogP contribution >= 0.6 is 23.2 Å². The third-order valence-corrected chi connectivity index (χ3v) is 12.6. The van der Waals surface area contributed by atoms with Gasteiger partial charge in [-0.2, -0.15) is 5.26 Å². The highest BCUT2D eigenvalue weighted by atomic mass is 35.5. The summed E-state index contributed by atoms with van der Waals surface area (Å²) in [6, 6.07) is 9.57. The number of rotatable bonds is 7. The predicted octanol–water partition coefficient (Wildman–Crippen LogP) is 7.90. The van der Waals surface area contributed by atoms with Gasteiger partial charge in [-0.1, -0.05) is 35.3 Å². The first-order valence-electron chi connectivity index (χ1n) is 17.1. The van der Waals surface area contributed by atoms with Gasteiger partial charge in [-0.15, -0.1) is 0 Å². The zero-order chi connectivity index (χ0) is 35.0. The van der Waals surface area contributed by atoms with Crippen molar-refractivity contribution < 1.29 is 28.6 Å². The first-order valence-corrected chi connectivity index (χ1v) is 17.9. The number of likely N-dealkylation sites (tertiary alicyclic amines) is 1. The van der Waals surface area contributed by atoms with Crippen molar-refractivity contribution in [3.8, 4) is 17.2 Å². The number of carboxylic acid groups (broad SMARTS) is 1. The molecule has 6 fully saturated rings. The molecule has 2 aromatic heterocycles. The quantitative estimate of drug-likeness (QED) is 0.200. The summed E-state index contributed by atoms with van der Waals surface area (Å²) in [4.78, 5) is 33.9. The van der Waals surface area contributed by atoms with Gasteiger partial charge in [-0.25, -0.2) is 18.6 Å². The Morgan fingerprint density at radius 2 is 1.90 bits per heavy atom. The number of aliphatic hydroxyl groups is 1. The van der Waals surface area contributed by atoms with Crippen LogP contribution in [0.4, 0.5) is 13.6 Å². The molecule has 10 rings (SSSR count). The fourth-order valence-electron chi connectivity index (χ4n) is 9.21. The Morgan fingerprint density at radius 3 is 2.58 bits per heavy atom. The number of nitriles is 1. The number of carbonyl (C=O) groups excluding carboxylic acids is 1. The smallest absolute Gasteiger partial charge is 0.407 e. The molecule has 6 aliphatic rings. The van der Waals surface area contributed by atoms with Crippen molar-refractivity contribution in [3.63, 3.8) is 0 Å². The van der Waals surface area contributed by atoms with E-state index in [1.54, 1.807) is 30.0 Å². The molecule has 0 radical (unpaired) electrons. The van der Waals surface area contributed by atoms with E-state index in [1.807, 2.05) is 12.1 Å². The summed E-state index contributed by atoms with van der Waals surface area (Å²) in [6.45, 7) is 1.89.